The fourth-order valence-electron chi connectivity index (χ4n) is 2.59. The van der Waals surface area contributed by atoms with E-state index in [1.54, 1.807) is 12.1 Å². The van der Waals surface area contributed by atoms with E-state index in [2.05, 4.69) is 45.9 Å². The second-order valence-electron chi connectivity index (χ2n) is 6.23. The van der Waals surface area contributed by atoms with Crippen molar-refractivity contribution >= 4 is 0 Å². The highest BCUT2D eigenvalue weighted by Gasteiger charge is 2.16. The highest BCUT2D eigenvalue weighted by molar-refractivity contribution is 5.41. The Morgan fingerprint density at radius 1 is 0.762 bits per heavy atom. The minimum Gasteiger partial charge on any atom is -0.320 e. The molecule has 0 aliphatic rings. The van der Waals surface area contributed by atoms with Gasteiger partial charge in [-0.05, 0) is 46.2 Å². The molecular formula is C19H24FN. The Morgan fingerprint density at radius 2 is 1.33 bits per heavy atom. The Labute approximate surface area is 127 Å². The van der Waals surface area contributed by atoms with Crippen molar-refractivity contribution in [2.45, 2.75) is 45.6 Å². The monoisotopic (exact) mass is 285 g/mol. The van der Waals surface area contributed by atoms with Gasteiger partial charge in [-0.15, -0.1) is 0 Å². The molecule has 0 radical (unpaired) electrons. The highest BCUT2D eigenvalue weighted by atomic mass is 19.1. The second-order valence-corrected chi connectivity index (χ2v) is 6.23. The average Bonchev–Trinajstić information content (AvgIpc) is 2.46. The maximum atomic E-state index is 13.1. The van der Waals surface area contributed by atoms with Crippen LogP contribution in [0.1, 0.15) is 67.8 Å². The molecule has 21 heavy (non-hydrogen) atoms. The quantitative estimate of drug-likeness (QED) is 0.829. The largest absolute Gasteiger partial charge is 0.320 e. The van der Waals surface area contributed by atoms with Gasteiger partial charge in [-0.2, -0.15) is 0 Å². The van der Waals surface area contributed by atoms with Crippen LogP contribution in [0, 0.1) is 5.82 Å². The van der Waals surface area contributed by atoms with Gasteiger partial charge in [0.1, 0.15) is 5.82 Å². The summed E-state index contributed by atoms with van der Waals surface area (Å²) in [6.45, 7) is 8.75. The summed E-state index contributed by atoms with van der Waals surface area (Å²) in [5, 5.41) is 0. The zero-order valence-corrected chi connectivity index (χ0v) is 13.2. The summed E-state index contributed by atoms with van der Waals surface area (Å²) in [6, 6.07) is 12.8. The summed E-state index contributed by atoms with van der Waals surface area (Å²) < 4.78 is 13.1. The molecule has 2 N–H and O–H groups in total. The predicted octanol–water partition coefficient (Wildman–Crippen LogP) is 5.12. The van der Waals surface area contributed by atoms with Crippen molar-refractivity contribution in [2.24, 2.45) is 5.73 Å². The smallest absolute Gasteiger partial charge is 0.123 e. The Hall–Kier alpha value is -1.67. The van der Waals surface area contributed by atoms with Gasteiger partial charge in [-0.25, -0.2) is 4.39 Å². The molecule has 112 valence electrons. The first kappa shape index (κ1) is 15.7. The zero-order chi connectivity index (χ0) is 15.6. The summed E-state index contributed by atoms with van der Waals surface area (Å²) in [7, 11) is 0. The molecule has 0 aliphatic carbocycles. The van der Waals surface area contributed by atoms with Crippen LogP contribution in [0.2, 0.25) is 0 Å². The molecule has 0 saturated heterocycles. The third-order valence-corrected chi connectivity index (χ3v) is 3.96. The first-order chi connectivity index (χ1) is 9.90. The third-order valence-electron chi connectivity index (χ3n) is 3.96. The molecule has 0 fully saturated rings. The van der Waals surface area contributed by atoms with Gasteiger partial charge in [-0.3, -0.25) is 0 Å². The van der Waals surface area contributed by atoms with Crippen LogP contribution >= 0.6 is 0 Å². The zero-order valence-electron chi connectivity index (χ0n) is 13.2. The number of rotatable bonds is 4. The van der Waals surface area contributed by atoms with Crippen molar-refractivity contribution in [1.82, 2.24) is 0 Å². The Morgan fingerprint density at radius 3 is 1.86 bits per heavy atom. The van der Waals surface area contributed by atoms with Crippen LogP contribution in [0.15, 0.2) is 42.5 Å². The molecule has 2 aromatic carbocycles. The lowest BCUT2D eigenvalue weighted by molar-refractivity contribution is 0.626. The van der Waals surface area contributed by atoms with E-state index in [0.717, 1.165) is 11.1 Å². The van der Waals surface area contributed by atoms with E-state index in [-0.39, 0.29) is 11.9 Å². The van der Waals surface area contributed by atoms with Crippen molar-refractivity contribution in [3.05, 3.63) is 70.5 Å². The number of nitrogens with two attached hydrogens (primary N) is 1. The summed E-state index contributed by atoms with van der Waals surface area (Å²) in [6.07, 6.45) is 0. The molecule has 2 heteroatoms. The van der Waals surface area contributed by atoms with Gasteiger partial charge in [0.15, 0.2) is 0 Å². The molecule has 0 saturated carbocycles. The lowest BCUT2D eigenvalue weighted by Crippen LogP contribution is -2.15. The minimum atomic E-state index is -0.231. The summed E-state index contributed by atoms with van der Waals surface area (Å²) in [5.41, 5.74) is 11.1. The second kappa shape index (κ2) is 6.40. The maximum Gasteiger partial charge on any atom is 0.123 e. The molecule has 2 aromatic rings. The van der Waals surface area contributed by atoms with Gasteiger partial charge >= 0.3 is 0 Å². The van der Waals surface area contributed by atoms with Crippen LogP contribution in [0.5, 0.6) is 0 Å². The number of halogens is 1. The lowest BCUT2D eigenvalue weighted by atomic mass is 9.87. The van der Waals surface area contributed by atoms with E-state index in [1.165, 1.54) is 23.3 Å². The predicted molar refractivity (Wildman–Crippen MR) is 87.1 cm³/mol. The van der Waals surface area contributed by atoms with Crippen LogP contribution in [0.4, 0.5) is 4.39 Å². The van der Waals surface area contributed by atoms with Gasteiger partial charge in [0.05, 0.1) is 6.04 Å². The molecule has 0 amide bonds. The number of hydrogen-bond donors (Lipinski definition) is 1. The van der Waals surface area contributed by atoms with E-state index in [0.29, 0.717) is 11.8 Å². The first-order valence-electron chi connectivity index (χ1n) is 7.55. The van der Waals surface area contributed by atoms with Crippen LogP contribution in [-0.2, 0) is 0 Å². The molecular weight excluding hydrogens is 261 g/mol. The molecule has 0 aromatic heterocycles. The molecule has 0 aliphatic heterocycles. The van der Waals surface area contributed by atoms with E-state index in [1.807, 2.05) is 0 Å². The molecule has 0 bridgehead atoms. The van der Waals surface area contributed by atoms with Crippen molar-refractivity contribution in [1.29, 1.82) is 0 Å². The van der Waals surface area contributed by atoms with E-state index in [9.17, 15) is 4.39 Å². The Kier molecular flexibility index (Phi) is 4.79. The standard InChI is InChI=1S/C19H24FN/c1-12(2)15-7-10-17(18(11-15)13(3)4)19(21)14-5-8-16(20)9-6-14/h5-13,19H,21H2,1-4H3. The normalized spacial score (nSPS) is 13.0. The lowest BCUT2D eigenvalue weighted by Gasteiger charge is -2.21. The molecule has 1 atom stereocenters. The number of benzene rings is 2. The van der Waals surface area contributed by atoms with Gasteiger partial charge in [-0.1, -0.05) is 58.0 Å². The molecule has 1 nitrogen and oxygen atoms in total. The van der Waals surface area contributed by atoms with Gasteiger partial charge in [0.25, 0.3) is 0 Å². The first-order valence-corrected chi connectivity index (χ1v) is 7.55. The van der Waals surface area contributed by atoms with E-state index in [4.69, 9.17) is 5.73 Å². The van der Waals surface area contributed by atoms with Crippen molar-refractivity contribution in [3.63, 3.8) is 0 Å². The fourth-order valence-corrected chi connectivity index (χ4v) is 2.59. The van der Waals surface area contributed by atoms with E-state index < -0.39 is 0 Å². The topological polar surface area (TPSA) is 26.0 Å². The van der Waals surface area contributed by atoms with Crippen molar-refractivity contribution in [2.75, 3.05) is 0 Å². The Balaban J connectivity index is 2.44. The van der Waals surface area contributed by atoms with Crippen LogP contribution in [0.3, 0.4) is 0 Å². The summed E-state index contributed by atoms with van der Waals surface area (Å²) >= 11 is 0. The Bertz CT molecular complexity index is 599. The third kappa shape index (κ3) is 3.51. The van der Waals surface area contributed by atoms with Crippen molar-refractivity contribution < 1.29 is 4.39 Å². The van der Waals surface area contributed by atoms with Crippen molar-refractivity contribution in [3.8, 4) is 0 Å². The summed E-state index contributed by atoms with van der Waals surface area (Å²) in [5.74, 6) is 0.675. The van der Waals surface area contributed by atoms with Gasteiger partial charge < -0.3 is 5.73 Å². The molecule has 0 heterocycles. The fraction of sp³-hybridized carbons (Fsp3) is 0.368. The molecule has 0 spiro atoms. The van der Waals surface area contributed by atoms with Gasteiger partial charge in [0, 0.05) is 0 Å². The van der Waals surface area contributed by atoms with Crippen LogP contribution in [-0.4, -0.2) is 0 Å². The molecule has 1 unspecified atom stereocenters. The molecule has 2 rings (SSSR count). The van der Waals surface area contributed by atoms with Crippen LogP contribution in [0.25, 0.3) is 0 Å². The maximum absolute atomic E-state index is 13.1. The SMILES string of the molecule is CC(C)c1ccc(C(N)c2ccc(F)cc2)c(C(C)C)c1. The number of hydrogen-bond acceptors (Lipinski definition) is 1. The minimum absolute atomic E-state index is 0.218. The van der Waals surface area contributed by atoms with Gasteiger partial charge in [0.2, 0.25) is 0 Å². The van der Waals surface area contributed by atoms with Crippen LogP contribution < -0.4 is 5.73 Å². The summed E-state index contributed by atoms with van der Waals surface area (Å²) in [4.78, 5) is 0. The van der Waals surface area contributed by atoms with E-state index >= 15 is 0 Å². The highest BCUT2D eigenvalue weighted by Crippen LogP contribution is 2.30. The average molecular weight is 285 g/mol.